The predicted octanol–water partition coefficient (Wildman–Crippen LogP) is 2.49. The van der Waals surface area contributed by atoms with Crippen LogP contribution in [0.1, 0.15) is 42.1 Å². The fourth-order valence-electron chi connectivity index (χ4n) is 5.00. The van der Waals surface area contributed by atoms with Crippen LogP contribution in [0.5, 0.6) is 0 Å². The third-order valence-corrected chi connectivity index (χ3v) is 6.58. The van der Waals surface area contributed by atoms with E-state index < -0.39 is 28.6 Å². The number of carboxylic acid groups (broad SMARTS) is 1. The molecule has 8 heteroatoms. The van der Waals surface area contributed by atoms with Crippen LogP contribution in [0.25, 0.3) is 10.9 Å². The van der Waals surface area contributed by atoms with Gasteiger partial charge in [0.1, 0.15) is 17.1 Å². The third kappa shape index (κ3) is 2.47. The molecule has 0 spiro atoms. The maximum Gasteiger partial charge on any atom is 0.341 e. The minimum atomic E-state index is -1.40. The molecular weight excluding hydrogens is 368 g/mol. The molecule has 0 unspecified atom stereocenters. The summed E-state index contributed by atoms with van der Waals surface area (Å²) < 4.78 is 32.1. The Morgan fingerprint density at radius 2 is 1.93 bits per heavy atom. The number of benzene rings is 1. The number of aromatic carboxylic acids is 1. The van der Waals surface area contributed by atoms with Gasteiger partial charge in [-0.25, -0.2) is 13.6 Å². The number of carboxylic acids is 1. The van der Waals surface area contributed by atoms with Gasteiger partial charge in [-0.05, 0) is 43.6 Å². The van der Waals surface area contributed by atoms with Gasteiger partial charge < -0.3 is 20.3 Å². The van der Waals surface area contributed by atoms with Crippen molar-refractivity contribution in [3.63, 3.8) is 0 Å². The molecule has 2 saturated carbocycles. The molecule has 0 amide bonds. The van der Waals surface area contributed by atoms with Crippen LogP contribution in [0.2, 0.25) is 0 Å². The van der Waals surface area contributed by atoms with Gasteiger partial charge in [0.05, 0.1) is 10.9 Å². The molecule has 1 aromatic carbocycles. The van der Waals surface area contributed by atoms with E-state index >= 15 is 4.39 Å². The van der Waals surface area contributed by atoms with E-state index in [1.807, 2.05) is 0 Å². The number of anilines is 1. The van der Waals surface area contributed by atoms with Gasteiger partial charge >= 0.3 is 5.97 Å². The van der Waals surface area contributed by atoms with Crippen LogP contribution in [-0.2, 0) is 0 Å². The summed E-state index contributed by atoms with van der Waals surface area (Å²) >= 11 is 0. The third-order valence-electron chi connectivity index (χ3n) is 6.58. The lowest BCUT2D eigenvalue weighted by Gasteiger charge is -2.24. The maximum atomic E-state index is 15.6. The van der Waals surface area contributed by atoms with Gasteiger partial charge in [-0.1, -0.05) is 0 Å². The second-order valence-electron chi connectivity index (χ2n) is 8.30. The molecule has 0 bridgehead atoms. The van der Waals surface area contributed by atoms with Crippen molar-refractivity contribution in [2.75, 3.05) is 18.0 Å². The van der Waals surface area contributed by atoms with E-state index in [0.29, 0.717) is 19.0 Å². The highest BCUT2D eigenvalue weighted by molar-refractivity contribution is 5.94. The van der Waals surface area contributed by atoms with E-state index in [-0.39, 0.29) is 34.6 Å². The molecule has 2 heterocycles. The maximum absolute atomic E-state index is 15.6. The number of aromatic nitrogens is 1. The molecule has 2 aliphatic carbocycles. The van der Waals surface area contributed by atoms with Gasteiger partial charge in [-0.15, -0.1) is 0 Å². The molecule has 6 nitrogen and oxygen atoms in total. The molecule has 1 aromatic heterocycles. The van der Waals surface area contributed by atoms with E-state index in [0.717, 1.165) is 31.7 Å². The summed E-state index contributed by atoms with van der Waals surface area (Å²) in [4.78, 5) is 25.7. The van der Waals surface area contributed by atoms with Gasteiger partial charge in [0, 0.05) is 31.4 Å². The Balaban J connectivity index is 1.70. The van der Waals surface area contributed by atoms with Crippen molar-refractivity contribution in [3.05, 3.63) is 39.7 Å². The second-order valence-corrected chi connectivity index (χ2v) is 8.30. The first kappa shape index (κ1) is 17.6. The number of hydrogen-bond acceptors (Lipinski definition) is 4. The number of pyridine rings is 1. The number of nitrogens with zero attached hydrogens (tertiary/aromatic N) is 2. The minimum absolute atomic E-state index is 0.00439. The van der Waals surface area contributed by atoms with Crippen molar-refractivity contribution in [2.45, 2.75) is 37.8 Å². The van der Waals surface area contributed by atoms with E-state index in [4.69, 9.17) is 5.73 Å². The Hall–Kier alpha value is -2.48. The van der Waals surface area contributed by atoms with E-state index in [1.54, 1.807) is 4.90 Å². The summed E-state index contributed by atoms with van der Waals surface area (Å²) in [5.41, 5.74) is 4.69. The smallest absolute Gasteiger partial charge is 0.341 e. The topological polar surface area (TPSA) is 88.6 Å². The highest BCUT2D eigenvalue weighted by Crippen LogP contribution is 2.43. The first-order valence-electron chi connectivity index (χ1n) is 9.67. The zero-order valence-electron chi connectivity index (χ0n) is 15.2. The van der Waals surface area contributed by atoms with Gasteiger partial charge in [0.15, 0.2) is 5.82 Å². The number of carbonyl (C=O) groups is 1. The Labute approximate surface area is 159 Å². The quantitative estimate of drug-likeness (QED) is 0.842. The van der Waals surface area contributed by atoms with Crippen molar-refractivity contribution in [1.82, 2.24) is 4.57 Å². The number of halogens is 2. The minimum Gasteiger partial charge on any atom is -0.477 e. The molecule has 1 aliphatic heterocycles. The fraction of sp³-hybridized carbons (Fsp3) is 0.500. The van der Waals surface area contributed by atoms with Crippen LogP contribution >= 0.6 is 0 Å². The lowest BCUT2D eigenvalue weighted by molar-refractivity contribution is 0.0695. The average Bonchev–Trinajstić information content (AvgIpc) is 3.31. The summed E-state index contributed by atoms with van der Waals surface area (Å²) in [7, 11) is 0. The van der Waals surface area contributed by atoms with Crippen LogP contribution < -0.4 is 16.1 Å². The SMILES string of the molecule is N[C@@H]1CC[C@@H]2CN(c3c(F)cc4c(=O)c(C(=O)O)cn(C5CC5)c4c3F)C[C@@H]21. The molecule has 2 aromatic rings. The van der Waals surface area contributed by atoms with Crippen LogP contribution in [0, 0.1) is 23.5 Å². The summed E-state index contributed by atoms with van der Waals surface area (Å²) in [6, 6.07) is 0.972. The Kier molecular flexibility index (Phi) is 3.78. The molecule has 3 atom stereocenters. The molecule has 3 fully saturated rings. The summed E-state index contributed by atoms with van der Waals surface area (Å²) in [6.45, 7) is 1.03. The van der Waals surface area contributed by atoms with Crippen molar-refractivity contribution < 1.29 is 18.7 Å². The molecule has 0 radical (unpaired) electrons. The average molecular weight is 389 g/mol. The largest absolute Gasteiger partial charge is 0.477 e. The normalized spacial score (nSPS) is 26.8. The number of nitrogens with two attached hydrogens (primary N) is 1. The van der Waals surface area contributed by atoms with Gasteiger partial charge in [-0.2, -0.15) is 0 Å². The molecule has 3 N–H and O–H groups in total. The molecule has 5 rings (SSSR count). The second kappa shape index (κ2) is 6.01. The Morgan fingerprint density at radius 1 is 1.18 bits per heavy atom. The van der Waals surface area contributed by atoms with Crippen molar-refractivity contribution in [2.24, 2.45) is 17.6 Å². The van der Waals surface area contributed by atoms with Crippen LogP contribution in [-0.4, -0.2) is 34.8 Å². The molecular formula is C20H21F2N3O3. The lowest BCUT2D eigenvalue weighted by Crippen LogP contribution is -2.31. The van der Waals surface area contributed by atoms with Crippen LogP contribution in [0.3, 0.4) is 0 Å². The molecule has 148 valence electrons. The van der Waals surface area contributed by atoms with Crippen molar-refractivity contribution in [3.8, 4) is 0 Å². The van der Waals surface area contributed by atoms with E-state index in [9.17, 15) is 19.1 Å². The number of hydrogen-bond donors (Lipinski definition) is 2. The van der Waals surface area contributed by atoms with E-state index in [1.165, 1.54) is 10.8 Å². The fourth-order valence-corrected chi connectivity index (χ4v) is 5.00. The van der Waals surface area contributed by atoms with Crippen molar-refractivity contribution in [1.29, 1.82) is 0 Å². The number of fused-ring (bicyclic) bond motifs is 2. The summed E-state index contributed by atoms with van der Waals surface area (Å²) in [5, 5.41) is 9.09. The summed E-state index contributed by atoms with van der Waals surface area (Å²) in [5.74, 6) is -2.48. The van der Waals surface area contributed by atoms with Crippen molar-refractivity contribution >= 4 is 22.6 Å². The zero-order valence-corrected chi connectivity index (χ0v) is 15.2. The summed E-state index contributed by atoms with van der Waals surface area (Å²) in [6.07, 6.45) is 4.63. The molecule has 3 aliphatic rings. The Morgan fingerprint density at radius 3 is 2.57 bits per heavy atom. The van der Waals surface area contributed by atoms with Crippen LogP contribution in [0.15, 0.2) is 17.1 Å². The van der Waals surface area contributed by atoms with Crippen LogP contribution in [0.4, 0.5) is 14.5 Å². The molecule has 28 heavy (non-hydrogen) atoms. The van der Waals surface area contributed by atoms with E-state index in [2.05, 4.69) is 0 Å². The molecule has 1 saturated heterocycles. The first-order chi connectivity index (χ1) is 13.4. The monoisotopic (exact) mass is 389 g/mol. The van der Waals surface area contributed by atoms with Gasteiger partial charge in [0.2, 0.25) is 5.43 Å². The lowest BCUT2D eigenvalue weighted by atomic mass is 9.98. The Bertz CT molecular complexity index is 1060. The zero-order chi connectivity index (χ0) is 19.7. The highest BCUT2D eigenvalue weighted by Gasteiger charge is 2.42. The standard InChI is InChI=1S/C20H21F2N3O3/c21-14-5-11-17(25(10-2-3-10)8-13(19(11)26)20(27)28)16(22)18(14)24-6-9-1-4-15(23)12(9)7-24/h5,8-10,12,15H,1-4,6-7,23H2,(H,27,28)/t9-,12+,15-/m1/s1. The van der Waals surface area contributed by atoms with Gasteiger partial charge in [0.25, 0.3) is 0 Å². The number of rotatable bonds is 3. The highest BCUT2D eigenvalue weighted by atomic mass is 19.1. The van der Waals surface area contributed by atoms with Gasteiger partial charge in [-0.3, -0.25) is 4.79 Å². The predicted molar refractivity (Wildman–Crippen MR) is 99.8 cm³/mol. The first-order valence-corrected chi connectivity index (χ1v) is 9.67.